The van der Waals surface area contributed by atoms with Gasteiger partial charge in [-0.15, -0.1) is 0 Å². The van der Waals surface area contributed by atoms with Crippen LogP contribution in [0.25, 0.3) is 11.3 Å². The smallest absolute Gasteiger partial charge is 0.271 e. The standard InChI is InChI=1S/C15H20N4OS/c1-9(2)16-15(20)14-13(17-10(3)21)12(18-19-14)11-7-5-4-6-8-11/h4-10,17,21H,1-3H3,(H,16,20)(H,18,19). The molecular formula is C15H20N4OS. The van der Waals surface area contributed by atoms with E-state index in [9.17, 15) is 4.79 Å². The molecule has 1 amide bonds. The first-order chi connectivity index (χ1) is 9.99. The van der Waals surface area contributed by atoms with Crippen molar-refractivity contribution in [3.05, 3.63) is 36.0 Å². The lowest BCUT2D eigenvalue weighted by Gasteiger charge is -2.13. The average molecular weight is 304 g/mol. The molecule has 0 bridgehead atoms. The average Bonchev–Trinajstić information content (AvgIpc) is 2.82. The molecule has 0 radical (unpaired) electrons. The molecule has 1 aromatic heterocycles. The van der Waals surface area contributed by atoms with Crippen molar-refractivity contribution < 1.29 is 4.79 Å². The largest absolute Gasteiger partial charge is 0.370 e. The number of nitrogens with one attached hydrogen (secondary N) is 3. The minimum Gasteiger partial charge on any atom is -0.370 e. The van der Waals surface area contributed by atoms with Gasteiger partial charge in [-0.05, 0) is 20.8 Å². The Hall–Kier alpha value is -1.95. The van der Waals surface area contributed by atoms with Crippen molar-refractivity contribution >= 4 is 24.2 Å². The Labute approximate surface area is 129 Å². The molecule has 2 aromatic rings. The van der Waals surface area contributed by atoms with E-state index in [2.05, 4.69) is 33.5 Å². The van der Waals surface area contributed by atoms with Crippen LogP contribution in [0.5, 0.6) is 0 Å². The third-order valence-corrected chi connectivity index (χ3v) is 2.94. The maximum atomic E-state index is 12.3. The number of aromatic nitrogens is 2. The molecule has 0 fully saturated rings. The summed E-state index contributed by atoms with van der Waals surface area (Å²) in [5, 5.41) is 13.1. The molecule has 1 aromatic carbocycles. The topological polar surface area (TPSA) is 69.8 Å². The zero-order valence-corrected chi connectivity index (χ0v) is 13.2. The van der Waals surface area contributed by atoms with Crippen LogP contribution in [0.2, 0.25) is 0 Å². The van der Waals surface area contributed by atoms with Gasteiger partial charge in [-0.3, -0.25) is 9.89 Å². The van der Waals surface area contributed by atoms with Gasteiger partial charge in [0.25, 0.3) is 5.91 Å². The van der Waals surface area contributed by atoms with Gasteiger partial charge in [-0.2, -0.15) is 17.7 Å². The molecule has 0 aliphatic rings. The highest BCUT2D eigenvalue weighted by molar-refractivity contribution is 7.81. The number of hydrogen-bond acceptors (Lipinski definition) is 4. The van der Waals surface area contributed by atoms with Gasteiger partial charge in [0.2, 0.25) is 0 Å². The summed E-state index contributed by atoms with van der Waals surface area (Å²) in [6.45, 7) is 5.73. The summed E-state index contributed by atoms with van der Waals surface area (Å²) in [6.07, 6.45) is 0. The summed E-state index contributed by atoms with van der Waals surface area (Å²) >= 11 is 4.35. The van der Waals surface area contributed by atoms with Crippen LogP contribution in [0.1, 0.15) is 31.3 Å². The van der Waals surface area contributed by atoms with Crippen molar-refractivity contribution in [1.29, 1.82) is 0 Å². The summed E-state index contributed by atoms with van der Waals surface area (Å²) in [4.78, 5) is 12.3. The molecule has 0 spiro atoms. The number of carbonyl (C=O) groups excluding carboxylic acids is 1. The minimum absolute atomic E-state index is 0.0576. The number of anilines is 1. The van der Waals surface area contributed by atoms with Gasteiger partial charge < -0.3 is 10.6 Å². The van der Waals surface area contributed by atoms with Crippen molar-refractivity contribution in [3.63, 3.8) is 0 Å². The predicted octanol–water partition coefficient (Wildman–Crippen LogP) is 2.90. The molecule has 2 rings (SSSR count). The van der Waals surface area contributed by atoms with E-state index in [1.165, 1.54) is 0 Å². The number of H-pyrrole nitrogens is 1. The fraction of sp³-hybridized carbons (Fsp3) is 0.333. The molecule has 1 unspecified atom stereocenters. The van der Waals surface area contributed by atoms with Gasteiger partial charge in [0.05, 0.1) is 11.1 Å². The number of hydrogen-bond donors (Lipinski definition) is 4. The van der Waals surface area contributed by atoms with Gasteiger partial charge >= 0.3 is 0 Å². The summed E-state index contributed by atoms with van der Waals surface area (Å²) < 4.78 is 0. The van der Waals surface area contributed by atoms with E-state index in [1.807, 2.05) is 51.1 Å². The van der Waals surface area contributed by atoms with Crippen LogP contribution in [0, 0.1) is 0 Å². The van der Waals surface area contributed by atoms with Crippen LogP contribution in [0.4, 0.5) is 5.69 Å². The van der Waals surface area contributed by atoms with E-state index in [0.29, 0.717) is 17.1 Å². The number of rotatable bonds is 5. The number of benzene rings is 1. The lowest BCUT2D eigenvalue weighted by molar-refractivity contribution is 0.0939. The van der Waals surface area contributed by atoms with Gasteiger partial charge in [-0.1, -0.05) is 30.3 Å². The van der Waals surface area contributed by atoms with Gasteiger partial charge in [0, 0.05) is 11.6 Å². The fourth-order valence-corrected chi connectivity index (χ4v) is 2.12. The zero-order valence-electron chi connectivity index (χ0n) is 12.3. The molecule has 5 nitrogen and oxygen atoms in total. The van der Waals surface area contributed by atoms with Gasteiger partial charge in [0.15, 0.2) is 0 Å². The summed E-state index contributed by atoms with van der Waals surface area (Å²) in [5.41, 5.74) is 2.74. The third-order valence-electron chi connectivity index (χ3n) is 2.81. The molecule has 1 heterocycles. The Morgan fingerprint density at radius 3 is 2.48 bits per heavy atom. The van der Waals surface area contributed by atoms with E-state index in [-0.39, 0.29) is 17.3 Å². The molecule has 6 heteroatoms. The predicted molar refractivity (Wildman–Crippen MR) is 88.7 cm³/mol. The first-order valence-electron chi connectivity index (χ1n) is 6.88. The highest BCUT2D eigenvalue weighted by Gasteiger charge is 2.21. The molecule has 21 heavy (non-hydrogen) atoms. The second-order valence-corrected chi connectivity index (χ2v) is 5.91. The van der Waals surface area contributed by atoms with Crippen molar-refractivity contribution in [3.8, 4) is 11.3 Å². The van der Waals surface area contributed by atoms with E-state index in [1.54, 1.807) is 0 Å². The monoisotopic (exact) mass is 304 g/mol. The zero-order chi connectivity index (χ0) is 15.4. The second-order valence-electron chi connectivity index (χ2n) is 5.14. The van der Waals surface area contributed by atoms with E-state index >= 15 is 0 Å². The molecule has 0 aliphatic heterocycles. The molecular weight excluding hydrogens is 284 g/mol. The Kier molecular flexibility index (Phi) is 4.90. The molecule has 0 saturated heterocycles. The summed E-state index contributed by atoms with van der Waals surface area (Å²) in [5.74, 6) is -0.184. The number of amides is 1. The van der Waals surface area contributed by atoms with E-state index in [4.69, 9.17) is 0 Å². The maximum Gasteiger partial charge on any atom is 0.271 e. The van der Waals surface area contributed by atoms with E-state index in [0.717, 1.165) is 5.56 Å². The molecule has 1 atom stereocenters. The lowest BCUT2D eigenvalue weighted by atomic mass is 10.1. The summed E-state index contributed by atoms with van der Waals surface area (Å²) in [7, 11) is 0. The first-order valence-corrected chi connectivity index (χ1v) is 7.40. The summed E-state index contributed by atoms with van der Waals surface area (Å²) in [6, 6.07) is 9.78. The molecule has 112 valence electrons. The number of carbonyl (C=O) groups is 1. The van der Waals surface area contributed by atoms with Gasteiger partial charge in [-0.25, -0.2) is 0 Å². The normalized spacial score (nSPS) is 12.2. The van der Waals surface area contributed by atoms with Crippen LogP contribution in [0.3, 0.4) is 0 Å². The number of aromatic amines is 1. The fourth-order valence-electron chi connectivity index (χ4n) is 1.99. The molecule has 3 N–H and O–H groups in total. The second kappa shape index (κ2) is 6.67. The van der Waals surface area contributed by atoms with Crippen molar-refractivity contribution in [2.75, 3.05) is 5.32 Å². The van der Waals surface area contributed by atoms with Crippen LogP contribution < -0.4 is 10.6 Å². The van der Waals surface area contributed by atoms with Crippen molar-refractivity contribution in [2.24, 2.45) is 0 Å². The van der Waals surface area contributed by atoms with E-state index < -0.39 is 0 Å². The highest BCUT2D eigenvalue weighted by atomic mass is 32.1. The Morgan fingerprint density at radius 2 is 1.90 bits per heavy atom. The number of thiol groups is 1. The third kappa shape index (κ3) is 3.78. The van der Waals surface area contributed by atoms with Crippen molar-refractivity contribution in [2.45, 2.75) is 32.2 Å². The SMILES string of the molecule is CC(C)NC(=O)c1[nH]nc(-c2ccccc2)c1NC(C)S. The minimum atomic E-state index is -0.184. The Balaban J connectivity index is 2.43. The Morgan fingerprint density at radius 1 is 1.24 bits per heavy atom. The van der Waals surface area contributed by atoms with Crippen molar-refractivity contribution in [1.82, 2.24) is 15.5 Å². The lowest BCUT2D eigenvalue weighted by Crippen LogP contribution is -2.31. The van der Waals surface area contributed by atoms with Gasteiger partial charge in [0.1, 0.15) is 11.4 Å². The first kappa shape index (κ1) is 15.4. The number of nitrogens with zero attached hydrogens (tertiary/aromatic N) is 1. The quantitative estimate of drug-likeness (QED) is 0.507. The maximum absolute atomic E-state index is 12.3. The van der Waals surface area contributed by atoms with Crippen LogP contribution >= 0.6 is 12.6 Å². The van der Waals surface area contributed by atoms with Crippen LogP contribution in [-0.4, -0.2) is 27.5 Å². The van der Waals surface area contributed by atoms with Crippen LogP contribution in [-0.2, 0) is 0 Å². The molecule has 0 aliphatic carbocycles. The Bertz CT molecular complexity index is 607. The highest BCUT2D eigenvalue weighted by Crippen LogP contribution is 2.29. The molecule has 0 saturated carbocycles. The van der Waals surface area contributed by atoms with Crippen LogP contribution in [0.15, 0.2) is 30.3 Å².